The van der Waals surface area contributed by atoms with Gasteiger partial charge in [-0.1, -0.05) is 29.5 Å². The highest BCUT2D eigenvalue weighted by atomic mass is 32.3. The minimum atomic E-state index is -4.48. The van der Waals surface area contributed by atoms with Gasteiger partial charge in [0.05, 0.1) is 4.24 Å². The Morgan fingerprint density at radius 1 is 1.15 bits per heavy atom. The van der Waals surface area contributed by atoms with Crippen LogP contribution in [0.5, 0.6) is 0 Å². The summed E-state index contributed by atoms with van der Waals surface area (Å²) in [6, 6.07) is 5.34. The van der Waals surface area contributed by atoms with Gasteiger partial charge in [-0.3, -0.25) is 0 Å². The number of hydrogen-bond acceptors (Lipinski definition) is 4. The summed E-state index contributed by atoms with van der Waals surface area (Å²) in [5.74, 6) is 0. The third-order valence-corrected chi connectivity index (χ3v) is 6.42. The number of hydrogen-bond donors (Lipinski definition) is 0. The van der Waals surface area contributed by atoms with E-state index in [1.807, 2.05) is 12.1 Å². The van der Waals surface area contributed by atoms with Crippen molar-refractivity contribution in [2.75, 3.05) is 12.3 Å². The van der Waals surface area contributed by atoms with Crippen LogP contribution >= 0.6 is 0 Å². The number of benzene rings is 1. The van der Waals surface area contributed by atoms with E-state index in [2.05, 4.69) is 0 Å². The van der Waals surface area contributed by atoms with Crippen LogP contribution in [0.1, 0.15) is 0 Å². The Hall–Kier alpha value is -1.60. The normalized spacial score (nSPS) is 17.3. The highest BCUT2D eigenvalue weighted by molar-refractivity contribution is 8.14. The third-order valence-electron chi connectivity index (χ3n) is 2.75. The Balaban J connectivity index is 2.83. The van der Waals surface area contributed by atoms with Crippen LogP contribution in [0.25, 0.3) is 12.2 Å². The quantitative estimate of drug-likeness (QED) is 0.740. The summed E-state index contributed by atoms with van der Waals surface area (Å²) in [5, 5.41) is 1.52. The van der Waals surface area contributed by atoms with Crippen LogP contribution in [0, 0.1) is 6.42 Å². The summed E-state index contributed by atoms with van der Waals surface area (Å²) in [4.78, 5) is 0. The number of alkyl halides is 1. The molecule has 0 fully saturated rings. The Labute approximate surface area is 116 Å². The first-order valence-corrected chi connectivity index (χ1v) is 9.15. The molecule has 1 aliphatic rings. The molecule has 0 saturated carbocycles. The molecule has 108 valence electrons. The topological polar surface area (TPSA) is 68.3 Å². The van der Waals surface area contributed by atoms with Crippen molar-refractivity contribution >= 4 is 31.8 Å². The molecule has 1 aliphatic carbocycles. The van der Waals surface area contributed by atoms with Crippen LogP contribution < -0.4 is 10.4 Å². The van der Waals surface area contributed by atoms with Crippen molar-refractivity contribution in [2.24, 2.45) is 0 Å². The highest BCUT2D eigenvalue weighted by Crippen LogP contribution is 2.23. The predicted octanol–water partition coefficient (Wildman–Crippen LogP) is 0.0635. The SMILES string of the molecule is CS(=O)(=O)/C(=C1\C=c2ccccc2=C[CH-]1)S(=O)(=O)CF. The fourth-order valence-corrected chi connectivity index (χ4v) is 5.11. The molecule has 7 heteroatoms. The van der Waals surface area contributed by atoms with Gasteiger partial charge in [0.15, 0.2) is 25.7 Å². The molecule has 1 aromatic rings. The van der Waals surface area contributed by atoms with E-state index in [1.54, 1.807) is 18.2 Å². The second-order valence-corrected chi connectivity index (χ2v) is 8.41. The summed E-state index contributed by atoms with van der Waals surface area (Å²) in [5.41, 5.74) is -0.0242. The summed E-state index contributed by atoms with van der Waals surface area (Å²) < 4.78 is 58.6. The summed E-state index contributed by atoms with van der Waals surface area (Å²) >= 11 is 0. The second-order valence-electron chi connectivity index (χ2n) is 4.35. The number of halogens is 1. The molecule has 0 atom stereocenters. The fraction of sp³-hybridized carbons (Fsp3) is 0.154. The van der Waals surface area contributed by atoms with Crippen LogP contribution in [-0.2, 0) is 19.7 Å². The number of sulfone groups is 2. The second kappa shape index (κ2) is 5.06. The van der Waals surface area contributed by atoms with Gasteiger partial charge < -0.3 is 0 Å². The molecule has 0 N–H and O–H groups in total. The van der Waals surface area contributed by atoms with Gasteiger partial charge in [-0.25, -0.2) is 21.2 Å². The van der Waals surface area contributed by atoms with Gasteiger partial charge >= 0.3 is 0 Å². The lowest BCUT2D eigenvalue weighted by Crippen LogP contribution is -2.28. The minimum absolute atomic E-state index is 0.0242. The molecule has 0 heterocycles. The lowest BCUT2D eigenvalue weighted by atomic mass is 10.0. The Morgan fingerprint density at radius 2 is 1.75 bits per heavy atom. The zero-order chi connectivity index (χ0) is 15.0. The summed E-state index contributed by atoms with van der Waals surface area (Å²) in [6.45, 7) is 0. The number of allylic oxidation sites excluding steroid dienone is 1. The minimum Gasteiger partial charge on any atom is -0.234 e. The van der Waals surface area contributed by atoms with E-state index in [4.69, 9.17) is 0 Å². The zero-order valence-electron chi connectivity index (χ0n) is 10.6. The van der Waals surface area contributed by atoms with Gasteiger partial charge in [0.1, 0.15) is 0 Å². The van der Waals surface area contributed by atoms with Crippen LogP contribution in [-0.4, -0.2) is 29.1 Å². The molecule has 0 amide bonds. The molecule has 4 nitrogen and oxygen atoms in total. The van der Waals surface area contributed by atoms with E-state index in [0.717, 1.165) is 11.5 Å². The fourth-order valence-electron chi connectivity index (χ4n) is 1.99. The van der Waals surface area contributed by atoms with Crippen molar-refractivity contribution in [3.05, 3.63) is 50.9 Å². The zero-order valence-corrected chi connectivity index (χ0v) is 12.2. The van der Waals surface area contributed by atoms with E-state index in [1.165, 1.54) is 12.5 Å². The molecule has 0 spiro atoms. The van der Waals surface area contributed by atoms with Crippen LogP contribution in [0.15, 0.2) is 34.1 Å². The van der Waals surface area contributed by atoms with Crippen LogP contribution in [0.4, 0.5) is 4.39 Å². The maximum atomic E-state index is 12.7. The standard InChI is InChI=1S/C13H12FO4S2/c1-19(15,16)13(20(17,18)9-14)12-7-6-10-4-2-3-5-11(10)8-12/h2-8H,9H2,1H3/q-1/b13-12+. The van der Waals surface area contributed by atoms with Crippen molar-refractivity contribution in [1.82, 2.24) is 0 Å². The Bertz CT molecular complexity index is 894. The molecular formula is C13H12FO4S2-. The molecule has 0 bridgehead atoms. The van der Waals surface area contributed by atoms with E-state index in [9.17, 15) is 21.2 Å². The first kappa shape index (κ1) is 14.8. The van der Waals surface area contributed by atoms with Crippen molar-refractivity contribution in [1.29, 1.82) is 0 Å². The van der Waals surface area contributed by atoms with Gasteiger partial charge in [0.25, 0.3) is 0 Å². The van der Waals surface area contributed by atoms with Crippen molar-refractivity contribution in [3.8, 4) is 0 Å². The number of fused-ring (bicyclic) bond motifs is 1. The summed E-state index contributed by atoms with van der Waals surface area (Å²) in [6.07, 6.45) is 5.15. The lowest BCUT2D eigenvalue weighted by molar-refractivity contribution is 0.540. The summed E-state index contributed by atoms with van der Waals surface area (Å²) in [7, 11) is -8.55. The average molecular weight is 315 g/mol. The van der Waals surface area contributed by atoms with Crippen LogP contribution in [0.2, 0.25) is 0 Å². The largest absolute Gasteiger partial charge is 0.234 e. The Kier molecular flexibility index (Phi) is 3.75. The van der Waals surface area contributed by atoms with Gasteiger partial charge in [0.2, 0.25) is 0 Å². The molecular weight excluding hydrogens is 303 g/mol. The first-order valence-electron chi connectivity index (χ1n) is 5.60. The molecule has 0 aliphatic heterocycles. The monoisotopic (exact) mass is 315 g/mol. The molecule has 2 rings (SSSR count). The highest BCUT2D eigenvalue weighted by Gasteiger charge is 2.25. The molecule has 0 unspecified atom stereocenters. The van der Waals surface area contributed by atoms with E-state index in [-0.39, 0.29) is 5.57 Å². The van der Waals surface area contributed by atoms with Crippen LogP contribution in [0.3, 0.4) is 0 Å². The average Bonchev–Trinajstić information content (AvgIpc) is 2.36. The van der Waals surface area contributed by atoms with Crippen molar-refractivity contribution < 1.29 is 21.2 Å². The first-order chi connectivity index (χ1) is 9.25. The van der Waals surface area contributed by atoms with Gasteiger partial charge in [-0.15, -0.1) is 29.4 Å². The molecule has 0 aromatic heterocycles. The van der Waals surface area contributed by atoms with Gasteiger partial charge in [0, 0.05) is 6.26 Å². The van der Waals surface area contributed by atoms with Gasteiger partial charge in [-0.05, 0) is 0 Å². The molecule has 1 aromatic carbocycles. The molecule has 0 saturated heterocycles. The molecule has 20 heavy (non-hydrogen) atoms. The number of rotatable bonds is 3. The smallest absolute Gasteiger partial charge is 0.187 e. The lowest BCUT2D eigenvalue weighted by Gasteiger charge is -2.18. The Morgan fingerprint density at radius 3 is 2.30 bits per heavy atom. The van der Waals surface area contributed by atoms with Crippen molar-refractivity contribution in [3.63, 3.8) is 0 Å². The van der Waals surface area contributed by atoms with E-state index in [0.29, 0.717) is 5.22 Å². The third kappa shape index (κ3) is 2.78. The maximum Gasteiger partial charge on any atom is 0.187 e. The van der Waals surface area contributed by atoms with E-state index < -0.39 is 29.9 Å². The van der Waals surface area contributed by atoms with Crippen molar-refractivity contribution in [2.45, 2.75) is 0 Å². The maximum absolute atomic E-state index is 12.7. The van der Waals surface area contributed by atoms with Gasteiger partial charge in [-0.2, -0.15) is 0 Å². The predicted molar refractivity (Wildman–Crippen MR) is 75.7 cm³/mol. The molecule has 0 radical (unpaired) electrons. The van der Waals surface area contributed by atoms with E-state index >= 15 is 0 Å².